The minimum atomic E-state index is -0.182. The Morgan fingerprint density at radius 1 is 0.769 bits per heavy atom. The second kappa shape index (κ2) is 19.5. The number of hydrogen-bond acceptors (Lipinski definition) is 2. The van der Waals surface area contributed by atoms with Crippen LogP contribution in [-0.4, -0.2) is 12.6 Å². The van der Waals surface area contributed by atoms with E-state index in [1.807, 2.05) is 0 Å². The van der Waals surface area contributed by atoms with Crippen LogP contribution in [0.15, 0.2) is 60.8 Å². The largest absolute Gasteiger partial charge is 0.466 e. The number of carbonyl (C=O) groups is 1. The zero-order chi connectivity index (χ0) is 19.3. The summed E-state index contributed by atoms with van der Waals surface area (Å²) in [6, 6.07) is 0. The van der Waals surface area contributed by atoms with Crippen molar-refractivity contribution in [2.75, 3.05) is 6.61 Å². The molecule has 0 saturated carbocycles. The van der Waals surface area contributed by atoms with Gasteiger partial charge in [0, 0.05) is 6.92 Å². The smallest absolute Gasteiger partial charge is 0.302 e. The lowest BCUT2D eigenvalue weighted by atomic mass is 10.0. The maximum Gasteiger partial charge on any atom is 0.302 e. The molecule has 0 bridgehead atoms. The second-order valence-corrected chi connectivity index (χ2v) is 6.36. The number of esters is 1. The van der Waals surface area contributed by atoms with Crippen molar-refractivity contribution in [2.24, 2.45) is 5.92 Å². The molecule has 0 aromatic carbocycles. The highest BCUT2D eigenvalue weighted by Crippen LogP contribution is 2.12. The van der Waals surface area contributed by atoms with Gasteiger partial charge in [0.1, 0.15) is 0 Å². The van der Waals surface area contributed by atoms with Crippen molar-refractivity contribution >= 4 is 5.97 Å². The van der Waals surface area contributed by atoms with Gasteiger partial charge >= 0.3 is 5.97 Å². The Morgan fingerprint density at radius 3 is 1.65 bits per heavy atom. The molecular formula is C24H38O2. The molecule has 0 saturated heterocycles. The van der Waals surface area contributed by atoms with Gasteiger partial charge in [-0.15, -0.1) is 0 Å². The molecule has 0 aliphatic rings. The molecule has 0 rings (SSSR count). The lowest BCUT2D eigenvalue weighted by Crippen LogP contribution is -2.11. The number of allylic oxidation sites excluding steroid dienone is 10. The van der Waals surface area contributed by atoms with Crippen molar-refractivity contribution in [3.05, 3.63) is 60.8 Å². The molecule has 146 valence electrons. The number of hydrogen-bond donors (Lipinski definition) is 0. The highest BCUT2D eigenvalue weighted by atomic mass is 16.5. The minimum absolute atomic E-state index is 0.182. The van der Waals surface area contributed by atoms with Crippen LogP contribution in [-0.2, 0) is 9.53 Å². The summed E-state index contributed by atoms with van der Waals surface area (Å²) in [6.45, 7) is 6.32. The van der Waals surface area contributed by atoms with Crippen LogP contribution >= 0.6 is 0 Å². The summed E-state index contributed by atoms with van der Waals surface area (Å²) >= 11 is 0. The summed E-state index contributed by atoms with van der Waals surface area (Å²) in [4.78, 5) is 10.8. The summed E-state index contributed by atoms with van der Waals surface area (Å²) < 4.78 is 5.09. The fourth-order valence-corrected chi connectivity index (χ4v) is 2.34. The van der Waals surface area contributed by atoms with E-state index < -0.39 is 0 Å². The first-order chi connectivity index (χ1) is 12.7. The average molecular weight is 359 g/mol. The van der Waals surface area contributed by atoms with Gasteiger partial charge in [-0.25, -0.2) is 0 Å². The second-order valence-electron chi connectivity index (χ2n) is 6.36. The van der Waals surface area contributed by atoms with E-state index in [1.54, 1.807) is 0 Å². The lowest BCUT2D eigenvalue weighted by molar-refractivity contribution is -0.142. The van der Waals surface area contributed by atoms with Crippen LogP contribution in [0.1, 0.15) is 72.1 Å². The van der Waals surface area contributed by atoms with Crippen LogP contribution < -0.4 is 0 Å². The van der Waals surface area contributed by atoms with E-state index in [2.05, 4.69) is 74.6 Å². The molecule has 2 nitrogen and oxygen atoms in total. The molecule has 0 N–H and O–H groups in total. The van der Waals surface area contributed by atoms with E-state index >= 15 is 0 Å². The Morgan fingerprint density at radius 2 is 1.23 bits per heavy atom. The van der Waals surface area contributed by atoms with Gasteiger partial charge in [-0.3, -0.25) is 4.79 Å². The van der Waals surface area contributed by atoms with E-state index in [9.17, 15) is 4.79 Å². The molecule has 1 unspecified atom stereocenters. The van der Waals surface area contributed by atoms with Crippen molar-refractivity contribution in [2.45, 2.75) is 72.1 Å². The van der Waals surface area contributed by atoms with Crippen LogP contribution in [0.3, 0.4) is 0 Å². The van der Waals surface area contributed by atoms with E-state index in [-0.39, 0.29) is 5.97 Å². The summed E-state index contributed by atoms with van der Waals surface area (Å²) in [5, 5.41) is 0. The maximum atomic E-state index is 10.8. The predicted molar refractivity (Wildman–Crippen MR) is 114 cm³/mol. The van der Waals surface area contributed by atoms with E-state index in [1.165, 1.54) is 6.92 Å². The molecule has 0 spiro atoms. The van der Waals surface area contributed by atoms with Crippen molar-refractivity contribution in [3.63, 3.8) is 0 Å². The third kappa shape index (κ3) is 18.5. The van der Waals surface area contributed by atoms with Gasteiger partial charge in [0.25, 0.3) is 0 Å². The zero-order valence-electron chi connectivity index (χ0n) is 17.0. The maximum absolute atomic E-state index is 10.8. The van der Waals surface area contributed by atoms with Crippen LogP contribution in [0.2, 0.25) is 0 Å². The van der Waals surface area contributed by atoms with E-state index in [0.717, 1.165) is 51.4 Å². The first kappa shape index (κ1) is 24.2. The quantitative estimate of drug-likeness (QED) is 0.230. The molecule has 0 fully saturated rings. The van der Waals surface area contributed by atoms with Crippen molar-refractivity contribution in [3.8, 4) is 0 Å². The molecule has 1 atom stereocenters. The molecule has 0 aromatic heterocycles. The van der Waals surface area contributed by atoms with Gasteiger partial charge in [0.2, 0.25) is 0 Å². The van der Waals surface area contributed by atoms with Gasteiger partial charge in [-0.2, -0.15) is 0 Å². The van der Waals surface area contributed by atoms with Crippen molar-refractivity contribution in [1.82, 2.24) is 0 Å². The van der Waals surface area contributed by atoms with E-state index in [0.29, 0.717) is 12.5 Å². The molecule has 26 heavy (non-hydrogen) atoms. The summed E-state index contributed by atoms with van der Waals surface area (Å²) in [7, 11) is 0. The molecule has 0 aliphatic carbocycles. The molecule has 2 heteroatoms. The van der Waals surface area contributed by atoms with Gasteiger partial charge in [0.05, 0.1) is 6.61 Å². The Bertz CT molecular complexity index is 467. The van der Waals surface area contributed by atoms with Crippen LogP contribution in [0.25, 0.3) is 0 Å². The predicted octanol–water partition coefficient (Wildman–Crippen LogP) is 7.11. The fourth-order valence-electron chi connectivity index (χ4n) is 2.34. The van der Waals surface area contributed by atoms with Gasteiger partial charge in [0.15, 0.2) is 0 Å². The molecule has 0 radical (unpaired) electrons. The average Bonchev–Trinajstić information content (AvgIpc) is 2.63. The monoisotopic (exact) mass is 358 g/mol. The van der Waals surface area contributed by atoms with Gasteiger partial charge in [-0.1, -0.05) is 81.0 Å². The summed E-state index contributed by atoms with van der Waals surface area (Å²) in [5.74, 6) is 0.291. The summed E-state index contributed by atoms with van der Waals surface area (Å²) in [5.41, 5.74) is 0. The highest BCUT2D eigenvalue weighted by Gasteiger charge is 2.06. The third-order valence-electron chi connectivity index (χ3n) is 4.00. The first-order valence-electron chi connectivity index (χ1n) is 10.1. The Balaban J connectivity index is 3.64. The van der Waals surface area contributed by atoms with Crippen molar-refractivity contribution in [1.29, 1.82) is 0 Å². The van der Waals surface area contributed by atoms with Crippen LogP contribution in [0, 0.1) is 5.92 Å². The van der Waals surface area contributed by atoms with Gasteiger partial charge in [-0.05, 0) is 50.9 Å². The topological polar surface area (TPSA) is 26.3 Å². The molecule has 0 aromatic rings. The normalized spacial score (nSPS) is 13.8. The van der Waals surface area contributed by atoms with Crippen molar-refractivity contribution < 1.29 is 9.53 Å². The SMILES string of the molecule is CC/C=C\C/C=C\C/C=C\C/C=C\C/C=C\CCC(CC)COC(C)=O. The molecule has 0 amide bonds. The van der Waals surface area contributed by atoms with Crippen LogP contribution in [0.4, 0.5) is 0 Å². The fraction of sp³-hybridized carbons (Fsp3) is 0.542. The first-order valence-corrected chi connectivity index (χ1v) is 10.1. The number of ether oxygens (including phenoxy) is 1. The van der Waals surface area contributed by atoms with Gasteiger partial charge < -0.3 is 4.74 Å². The zero-order valence-corrected chi connectivity index (χ0v) is 17.0. The Kier molecular flexibility index (Phi) is 18.1. The number of carbonyl (C=O) groups excluding carboxylic acids is 1. The van der Waals surface area contributed by atoms with Crippen LogP contribution in [0.5, 0.6) is 0 Å². The Hall–Kier alpha value is -1.83. The third-order valence-corrected chi connectivity index (χ3v) is 4.00. The Labute approximate surface area is 161 Å². The minimum Gasteiger partial charge on any atom is -0.466 e. The van der Waals surface area contributed by atoms with E-state index in [4.69, 9.17) is 4.74 Å². The molecule has 0 heterocycles. The molecule has 0 aliphatic heterocycles. The standard InChI is InChI=1S/C24H38O2/c1-4-6-7-8-9-10-11-12-13-14-15-16-17-18-19-20-21-24(5-2)22-26-23(3)25/h6-7,9-10,12-13,15-16,18-19,24H,4-5,8,11,14,17,20-22H2,1-3H3/b7-6-,10-9-,13-12-,16-15-,19-18-. The summed E-state index contributed by atoms with van der Waals surface area (Å²) in [6.07, 6.45) is 30.5. The number of rotatable bonds is 15. The lowest BCUT2D eigenvalue weighted by Gasteiger charge is -2.12. The molecular weight excluding hydrogens is 320 g/mol. The highest BCUT2D eigenvalue weighted by molar-refractivity contribution is 5.65.